The van der Waals surface area contributed by atoms with Crippen molar-refractivity contribution < 1.29 is 14.3 Å². The molecule has 0 bridgehead atoms. The predicted octanol–water partition coefficient (Wildman–Crippen LogP) is 1.81. The van der Waals surface area contributed by atoms with Gasteiger partial charge in [0.25, 0.3) is 0 Å². The van der Waals surface area contributed by atoms with Crippen LogP contribution in [0.3, 0.4) is 0 Å². The lowest BCUT2D eigenvalue weighted by atomic mass is 9.94. The van der Waals surface area contributed by atoms with Crippen LogP contribution in [0.5, 0.6) is 5.75 Å². The Morgan fingerprint density at radius 3 is 2.76 bits per heavy atom. The number of aromatic nitrogens is 1. The molecule has 2 aliphatic heterocycles. The van der Waals surface area contributed by atoms with Crippen molar-refractivity contribution in [2.24, 2.45) is 5.92 Å². The summed E-state index contributed by atoms with van der Waals surface area (Å²) in [4.78, 5) is 20.8. The molecule has 0 unspecified atom stereocenters. The van der Waals surface area contributed by atoms with Crippen LogP contribution in [-0.2, 0) is 9.53 Å². The summed E-state index contributed by atoms with van der Waals surface area (Å²) in [6.45, 7) is 6.85. The van der Waals surface area contributed by atoms with Gasteiger partial charge in [-0.1, -0.05) is 0 Å². The Morgan fingerprint density at radius 1 is 1.24 bits per heavy atom. The summed E-state index contributed by atoms with van der Waals surface area (Å²) in [5, 5.41) is 0. The Kier molecular flexibility index (Phi) is 7.06. The van der Waals surface area contributed by atoms with E-state index in [0.29, 0.717) is 18.2 Å². The SMILES string of the molecule is O=C(CCN1CCOCC1)N1CCC(CCOc2cccnc2)CC1. The quantitative estimate of drug-likeness (QED) is 0.753. The highest BCUT2D eigenvalue weighted by Gasteiger charge is 2.23. The Balaban J connectivity index is 1.29. The zero-order valence-corrected chi connectivity index (χ0v) is 14.9. The smallest absolute Gasteiger partial charge is 0.223 e. The second-order valence-corrected chi connectivity index (χ2v) is 6.85. The summed E-state index contributed by atoms with van der Waals surface area (Å²) in [5.74, 6) is 1.79. The van der Waals surface area contributed by atoms with Gasteiger partial charge in [0.15, 0.2) is 0 Å². The van der Waals surface area contributed by atoms with Gasteiger partial charge in [-0.3, -0.25) is 14.7 Å². The molecule has 2 fully saturated rings. The highest BCUT2D eigenvalue weighted by atomic mass is 16.5. The maximum Gasteiger partial charge on any atom is 0.223 e. The van der Waals surface area contributed by atoms with E-state index >= 15 is 0 Å². The van der Waals surface area contributed by atoms with E-state index in [1.807, 2.05) is 17.0 Å². The number of morpholine rings is 1. The van der Waals surface area contributed by atoms with Crippen LogP contribution in [0.2, 0.25) is 0 Å². The van der Waals surface area contributed by atoms with E-state index in [1.54, 1.807) is 12.4 Å². The Bertz CT molecular complexity index is 512. The van der Waals surface area contributed by atoms with Crippen molar-refractivity contribution in [3.63, 3.8) is 0 Å². The fourth-order valence-electron chi connectivity index (χ4n) is 3.48. The summed E-state index contributed by atoms with van der Waals surface area (Å²) in [6, 6.07) is 3.82. The number of amides is 1. The van der Waals surface area contributed by atoms with Gasteiger partial charge in [-0.15, -0.1) is 0 Å². The highest BCUT2D eigenvalue weighted by Crippen LogP contribution is 2.21. The normalized spacial score (nSPS) is 19.8. The largest absolute Gasteiger partial charge is 0.492 e. The minimum Gasteiger partial charge on any atom is -0.492 e. The minimum atomic E-state index is 0.302. The lowest BCUT2D eigenvalue weighted by Gasteiger charge is -2.33. The van der Waals surface area contributed by atoms with Crippen molar-refractivity contribution in [3.05, 3.63) is 24.5 Å². The number of hydrogen-bond acceptors (Lipinski definition) is 5. The maximum absolute atomic E-state index is 12.4. The first-order valence-electron chi connectivity index (χ1n) is 9.42. The molecule has 0 aliphatic carbocycles. The van der Waals surface area contributed by atoms with Crippen LogP contribution in [0.15, 0.2) is 24.5 Å². The third-order valence-electron chi connectivity index (χ3n) is 5.14. The fraction of sp³-hybridized carbons (Fsp3) is 0.684. The van der Waals surface area contributed by atoms with Crippen molar-refractivity contribution >= 4 is 5.91 Å². The molecular weight excluding hydrogens is 318 g/mol. The average Bonchev–Trinajstić information content (AvgIpc) is 2.68. The number of carbonyl (C=O) groups excluding carboxylic acids is 1. The van der Waals surface area contributed by atoms with Gasteiger partial charge in [-0.05, 0) is 37.3 Å². The third kappa shape index (κ3) is 5.97. The van der Waals surface area contributed by atoms with Gasteiger partial charge in [0.2, 0.25) is 5.91 Å². The lowest BCUT2D eigenvalue weighted by molar-refractivity contribution is -0.133. The van der Waals surface area contributed by atoms with Crippen LogP contribution in [0.1, 0.15) is 25.7 Å². The fourth-order valence-corrected chi connectivity index (χ4v) is 3.48. The first kappa shape index (κ1) is 18.1. The van der Waals surface area contributed by atoms with Gasteiger partial charge in [0.05, 0.1) is 26.0 Å². The number of likely N-dealkylation sites (tertiary alicyclic amines) is 1. The van der Waals surface area contributed by atoms with Crippen molar-refractivity contribution in [2.45, 2.75) is 25.7 Å². The van der Waals surface area contributed by atoms with Crippen molar-refractivity contribution in [3.8, 4) is 5.75 Å². The molecule has 1 aromatic rings. The van der Waals surface area contributed by atoms with Gasteiger partial charge in [-0.2, -0.15) is 0 Å². The first-order chi connectivity index (χ1) is 12.3. The van der Waals surface area contributed by atoms with E-state index in [9.17, 15) is 4.79 Å². The number of pyridine rings is 1. The highest BCUT2D eigenvalue weighted by molar-refractivity contribution is 5.76. The van der Waals surface area contributed by atoms with Crippen molar-refractivity contribution in [1.29, 1.82) is 0 Å². The molecular formula is C19H29N3O3. The molecule has 1 aromatic heterocycles. The zero-order valence-electron chi connectivity index (χ0n) is 14.9. The summed E-state index contributed by atoms with van der Waals surface area (Å²) < 4.78 is 11.1. The van der Waals surface area contributed by atoms with E-state index in [0.717, 1.165) is 77.6 Å². The maximum atomic E-state index is 12.4. The Hall–Kier alpha value is -1.66. The zero-order chi connectivity index (χ0) is 17.3. The number of carbonyl (C=O) groups is 1. The number of ether oxygens (including phenoxy) is 2. The molecule has 0 spiro atoms. The molecule has 0 atom stereocenters. The van der Waals surface area contributed by atoms with Gasteiger partial charge in [0, 0.05) is 45.3 Å². The second-order valence-electron chi connectivity index (χ2n) is 6.85. The molecule has 3 rings (SSSR count). The summed E-state index contributed by atoms with van der Waals surface area (Å²) in [6.07, 6.45) is 7.34. The number of nitrogens with zero attached hydrogens (tertiary/aromatic N) is 3. The molecule has 0 saturated carbocycles. The molecule has 0 N–H and O–H groups in total. The first-order valence-corrected chi connectivity index (χ1v) is 9.42. The molecule has 3 heterocycles. The number of piperidine rings is 1. The Morgan fingerprint density at radius 2 is 2.04 bits per heavy atom. The van der Waals surface area contributed by atoms with Crippen LogP contribution in [-0.4, -0.2) is 73.2 Å². The molecule has 6 heteroatoms. The molecule has 1 amide bonds. The molecule has 0 radical (unpaired) electrons. The molecule has 138 valence electrons. The van der Waals surface area contributed by atoms with E-state index in [2.05, 4.69) is 9.88 Å². The van der Waals surface area contributed by atoms with Crippen LogP contribution < -0.4 is 4.74 Å². The lowest BCUT2D eigenvalue weighted by Crippen LogP contribution is -2.42. The standard InChI is InChI=1S/C19H29N3O3/c23-19(5-8-21-11-14-24-15-12-21)22-9-3-17(4-10-22)6-13-25-18-2-1-7-20-16-18/h1-2,7,16-17H,3-6,8-15H2. The van der Waals surface area contributed by atoms with Gasteiger partial charge >= 0.3 is 0 Å². The third-order valence-corrected chi connectivity index (χ3v) is 5.14. The second kappa shape index (κ2) is 9.73. The predicted molar refractivity (Wildman–Crippen MR) is 95.5 cm³/mol. The van der Waals surface area contributed by atoms with Crippen LogP contribution >= 0.6 is 0 Å². The van der Waals surface area contributed by atoms with E-state index in [-0.39, 0.29) is 0 Å². The molecule has 2 saturated heterocycles. The summed E-state index contributed by atoms with van der Waals surface area (Å²) >= 11 is 0. The van der Waals surface area contributed by atoms with E-state index < -0.39 is 0 Å². The number of hydrogen-bond donors (Lipinski definition) is 0. The van der Waals surface area contributed by atoms with Crippen LogP contribution in [0.4, 0.5) is 0 Å². The molecule has 25 heavy (non-hydrogen) atoms. The van der Waals surface area contributed by atoms with Gasteiger partial charge in [-0.25, -0.2) is 0 Å². The average molecular weight is 347 g/mol. The van der Waals surface area contributed by atoms with Crippen molar-refractivity contribution in [2.75, 3.05) is 52.5 Å². The van der Waals surface area contributed by atoms with E-state index in [4.69, 9.17) is 9.47 Å². The van der Waals surface area contributed by atoms with E-state index in [1.165, 1.54) is 0 Å². The topological polar surface area (TPSA) is 54.9 Å². The summed E-state index contributed by atoms with van der Waals surface area (Å²) in [5.41, 5.74) is 0. The van der Waals surface area contributed by atoms with Gasteiger partial charge in [0.1, 0.15) is 5.75 Å². The molecule has 0 aromatic carbocycles. The van der Waals surface area contributed by atoms with Crippen molar-refractivity contribution in [1.82, 2.24) is 14.8 Å². The summed E-state index contributed by atoms with van der Waals surface area (Å²) in [7, 11) is 0. The molecule has 6 nitrogen and oxygen atoms in total. The van der Waals surface area contributed by atoms with Crippen LogP contribution in [0, 0.1) is 5.92 Å². The number of rotatable bonds is 7. The minimum absolute atomic E-state index is 0.302. The monoisotopic (exact) mass is 347 g/mol. The Labute approximate surface area is 150 Å². The molecule has 2 aliphatic rings. The van der Waals surface area contributed by atoms with Gasteiger partial charge < -0.3 is 14.4 Å². The van der Waals surface area contributed by atoms with Crippen LogP contribution in [0.25, 0.3) is 0 Å².